The first-order valence-corrected chi connectivity index (χ1v) is 9.57. The number of carbonyl (C=O) groups excluding carboxylic acids is 1. The number of rotatable bonds is 5. The number of hydrogen-bond acceptors (Lipinski definition) is 4. The molecule has 0 aromatic rings. The van der Waals surface area contributed by atoms with Gasteiger partial charge in [0.05, 0.1) is 11.0 Å². The molecule has 0 N–H and O–H groups in total. The molecule has 0 bridgehead atoms. The molecule has 21 heavy (non-hydrogen) atoms. The summed E-state index contributed by atoms with van der Waals surface area (Å²) >= 11 is 0. The Labute approximate surface area is 129 Å². The molecule has 0 atom stereocenters. The quantitative estimate of drug-likeness (QED) is 0.731. The van der Waals surface area contributed by atoms with Crippen molar-refractivity contribution in [2.24, 2.45) is 0 Å². The van der Waals surface area contributed by atoms with Crippen LogP contribution in [0.25, 0.3) is 0 Å². The summed E-state index contributed by atoms with van der Waals surface area (Å²) in [5.41, 5.74) is -0.514. The Balaban J connectivity index is 2.46. The number of hydrogen-bond donors (Lipinski definition) is 0. The summed E-state index contributed by atoms with van der Waals surface area (Å²) in [6.07, 6.45) is 3.42. The van der Waals surface area contributed by atoms with E-state index in [1.54, 1.807) is 4.90 Å². The number of unbranched alkanes of at least 4 members (excludes halogenated alkanes) is 2. The fraction of sp³-hybridized carbons (Fsp3) is 0.933. The van der Waals surface area contributed by atoms with Crippen molar-refractivity contribution in [3.63, 3.8) is 0 Å². The van der Waals surface area contributed by atoms with E-state index in [1.165, 1.54) is 0 Å². The van der Waals surface area contributed by atoms with Crippen LogP contribution in [0.4, 0.5) is 4.79 Å². The van der Waals surface area contributed by atoms with Gasteiger partial charge in [-0.25, -0.2) is 13.2 Å². The molecule has 6 heteroatoms. The highest BCUT2D eigenvalue weighted by Gasteiger charge is 2.32. The van der Waals surface area contributed by atoms with Gasteiger partial charge in [-0.1, -0.05) is 19.8 Å². The van der Waals surface area contributed by atoms with E-state index >= 15 is 0 Å². The predicted octanol–water partition coefficient (Wildman–Crippen LogP) is 2.99. The molecule has 0 saturated carbocycles. The number of amides is 1. The molecule has 1 aliphatic rings. The Morgan fingerprint density at radius 2 is 1.76 bits per heavy atom. The number of nitrogens with zero attached hydrogens (tertiary/aromatic N) is 1. The number of sulfone groups is 1. The SMILES string of the molecule is CCCCCS(=O)(=O)C1CCN(C(=O)OC(C)(C)C)CC1. The maximum atomic E-state index is 12.2. The van der Waals surface area contributed by atoms with Crippen LogP contribution in [0, 0.1) is 0 Å². The molecule has 0 unspecified atom stereocenters. The molecule has 124 valence electrons. The highest BCUT2D eigenvalue weighted by molar-refractivity contribution is 7.92. The molecule has 5 nitrogen and oxygen atoms in total. The molecule has 1 amide bonds. The molecule has 0 aromatic heterocycles. The Hall–Kier alpha value is -0.780. The van der Waals surface area contributed by atoms with Crippen LogP contribution in [-0.4, -0.2) is 49.1 Å². The maximum Gasteiger partial charge on any atom is 0.410 e. The van der Waals surface area contributed by atoms with Gasteiger partial charge in [0, 0.05) is 13.1 Å². The smallest absolute Gasteiger partial charge is 0.410 e. The van der Waals surface area contributed by atoms with E-state index in [0.29, 0.717) is 25.9 Å². The van der Waals surface area contributed by atoms with Gasteiger partial charge in [0.2, 0.25) is 0 Å². The average Bonchev–Trinajstić information content (AvgIpc) is 2.37. The maximum absolute atomic E-state index is 12.2. The van der Waals surface area contributed by atoms with Crippen molar-refractivity contribution in [3.8, 4) is 0 Å². The first-order valence-electron chi connectivity index (χ1n) is 7.85. The fourth-order valence-corrected chi connectivity index (χ4v) is 4.31. The van der Waals surface area contributed by atoms with Gasteiger partial charge < -0.3 is 9.64 Å². The van der Waals surface area contributed by atoms with E-state index < -0.39 is 15.4 Å². The van der Waals surface area contributed by atoms with Crippen LogP contribution in [-0.2, 0) is 14.6 Å². The highest BCUT2D eigenvalue weighted by atomic mass is 32.2. The van der Waals surface area contributed by atoms with Crippen molar-refractivity contribution in [1.29, 1.82) is 0 Å². The Morgan fingerprint density at radius 1 is 1.19 bits per heavy atom. The van der Waals surface area contributed by atoms with E-state index in [-0.39, 0.29) is 17.1 Å². The van der Waals surface area contributed by atoms with Gasteiger partial charge in [-0.15, -0.1) is 0 Å². The third-order valence-electron chi connectivity index (χ3n) is 3.63. The van der Waals surface area contributed by atoms with Gasteiger partial charge in [0.15, 0.2) is 9.84 Å². The van der Waals surface area contributed by atoms with Gasteiger partial charge in [-0.3, -0.25) is 0 Å². The summed E-state index contributed by atoms with van der Waals surface area (Å²) in [5.74, 6) is 0.276. The molecular weight excluding hydrogens is 290 g/mol. The van der Waals surface area contributed by atoms with Crippen LogP contribution in [0.2, 0.25) is 0 Å². The van der Waals surface area contributed by atoms with Crippen LogP contribution < -0.4 is 0 Å². The summed E-state index contributed by atoms with van der Waals surface area (Å²) in [4.78, 5) is 13.5. The van der Waals surface area contributed by atoms with E-state index in [9.17, 15) is 13.2 Å². The van der Waals surface area contributed by atoms with Crippen molar-refractivity contribution in [2.75, 3.05) is 18.8 Å². The fourth-order valence-electron chi connectivity index (χ4n) is 2.44. The molecule has 1 fully saturated rings. The van der Waals surface area contributed by atoms with Crippen molar-refractivity contribution in [2.45, 2.75) is 70.7 Å². The minimum atomic E-state index is -3.02. The number of likely N-dealkylation sites (tertiary alicyclic amines) is 1. The summed E-state index contributed by atoms with van der Waals surface area (Å²) in [5, 5.41) is -0.298. The molecule has 0 spiro atoms. The van der Waals surface area contributed by atoms with Crippen LogP contribution >= 0.6 is 0 Å². The van der Waals surface area contributed by atoms with E-state index in [4.69, 9.17) is 4.74 Å². The van der Waals surface area contributed by atoms with E-state index in [1.807, 2.05) is 20.8 Å². The topological polar surface area (TPSA) is 63.7 Å². The zero-order valence-corrected chi connectivity index (χ0v) is 14.5. The standard InChI is InChI=1S/C15H29NO4S/c1-5-6-7-12-21(18,19)13-8-10-16(11-9-13)14(17)20-15(2,3)4/h13H,5-12H2,1-4H3. The summed E-state index contributed by atoms with van der Waals surface area (Å²) in [6.45, 7) is 8.48. The van der Waals surface area contributed by atoms with E-state index in [0.717, 1.165) is 19.3 Å². The van der Waals surface area contributed by atoms with Gasteiger partial charge in [0.25, 0.3) is 0 Å². The monoisotopic (exact) mass is 319 g/mol. The third-order valence-corrected chi connectivity index (χ3v) is 5.98. The Morgan fingerprint density at radius 3 is 2.24 bits per heavy atom. The molecular formula is C15H29NO4S. The normalized spacial score (nSPS) is 17.8. The number of ether oxygens (including phenoxy) is 1. The van der Waals surface area contributed by atoms with Gasteiger partial charge >= 0.3 is 6.09 Å². The van der Waals surface area contributed by atoms with Crippen LogP contribution in [0.3, 0.4) is 0 Å². The number of carbonyl (C=O) groups is 1. The van der Waals surface area contributed by atoms with E-state index in [2.05, 4.69) is 6.92 Å². The lowest BCUT2D eigenvalue weighted by molar-refractivity contribution is 0.0217. The summed E-state index contributed by atoms with van der Waals surface area (Å²) in [7, 11) is -3.02. The second kappa shape index (κ2) is 7.47. The molecule has 1 rings (SSSR count). The molecule has 0 aromatic carbocycles. The Kier molecular flexibility index (Phi) is 6.50. The van der Waals surface area contributed by atoms with Gasteiger partial charge in [0.1, 0.15) is 5.60 Å². The lowest BCUT2D eigenvalue weighted by Gasteiger charge is -2.33. The summed E-state index contributed by atoms with van der Waals surface area (Å²) < 4.78 is 29.8. The second-order valence-corrected chi connectivity index (χ2v) is 9.14. The van der Waals surface area contributed by atoms with Gasteiger partial charge in [-0.05, 0) is 40.0 Å². The summed E-state index contributed by atoms with van der Waals surface area (Å²) in [6, 6.07) is 0. The molecule has 1 heterocycles. The predicted molar refractivity (Wildman–Crippen MR) is 84.1 cm³/mol. The number of piperidine rings is 1. The van der Waals surface area contributed by atoms with Crippen LogP contribution in [0.1, 0.15) is 59.8 Å². The molecule has 1 saturated heterocycles. The van der Waals surface area contributed by atoms with Crippen molar-refractivity contribution >= 4 is 15.9 Å². The lowest BCUT2D eigenvalue weighted by Crippen LogP contribution is -2.45. The lowest BCUT2D eigenvalue weighted by atomic mass is 10.1. The van der Waals surface area contributed by atoms with Gasteiger partial charge in [-0.2, -0.15) is 0 Å². The molecule has 1 aliphatic heterocycles. The first-order chi connectivity index (χ1) is 9.65. The van der Waals surface area contributed by atoms with Crippen molar-refractivity contribution in [3.05, 3.63) is 0 Å². The third kappa shape index (κ3) is 6.24. The van der Waals surface area contributed by atoms with Crippen molar-refractivity contribution in [1.82, 2.24) is 4.90 Å². The first kappa shape index (κ1) is 18.3. The molecule has 0 radical (unpaired) electrons. The average molecular weight is 319 g/mol. The highest BCUT2D eigenvalue weighted by Crippen LogP contribution is 2.21. The second-order valence-electron chi connectivity index (χ2n) is 6.74. The largest absolute Gasteiger partial charge is 0.444 e. The molecule has 0 aliphatic carbocycles. The minimum absolute atomic E-state index is 0.276. The zero-order chi connectivity index (χ0) is 16.1. The van der Waals surface area contributed by atoms with Crippen LogP contribution in [0.5, 0.6) is 0 Å². The minimum Gasteiger partial charge on any atom is -0.444 e. The van der Waals surface area contributed by atoms with Crippen LogP contribution in [0.15, 0.2) is 0 Å². The van der Waals surface area contributed by atoms with Crippen molar-refractivity contribution < 1.29 is 17.9 Å². The zero-order valence-electron chi connectivity index (χ0n) is 13.7. The Bertz CT molecular complexity index is 431.